The minimum atomic E-state index is 0.136. The first-order valence-corrected chi connectivity index (χ1v) is 11.8. The van der Waals surface area contributed by atoms with Gasteiger partial charge < -0.3 is 4.90 Å². The Labute approximate surface area is 182 Å². The molecule has 0 unspecified atom stereocenters. The zero-order chi connectivity index (χ0) is 20.3. The predicted octanol–water partition coefficient (Wildman–Crippen LogP) is 4.58. The lowest BCUT2D eigenvalue weighted by Gasteiger charge is -2.31. The van der Waals surface area contributed by atoms with E-state index in [9.17, 15) is 4.79 Å². The van der Waals surface area contributed by atoms with Gasteiger partial charge in [0, 0.05) is 24.6 Å². The Morgan fingerprint density at radius 1 is 1.13 bits per heavy atom. The number of benzene rings is 2. The number of H-pyrrole nitrogens is 1. The van der Waals surface area contributed by atoms with E-state index >= 15 is 0 Å². The van der Waals surface area contributed by atoms with Gasteiger partial charge in [-0.05, 0) is 25.0 Å². The lowest BCUT2D eigenvalue weighted by atomic mass is 9.99. The molecular weight excluding hydrogens is 414 g/mol. The van der Waals surface area contributed by atoms with Crippen molar-refractivity contribution in [1.29, 1.82) is 0 Å². The fourth-order valence-electron chi connectivity index (χ4n) is 3.72. The molecule has 3 heterocycles. The van der Waals surface area contributed by atoms with Crippen molar-refractivity contribution in [2.24, 2.45) is 0 Å². The van der Waals surface area contributed by atoms with Gasteiger partial charge in [-0.3, -0.25) is 9.89 Å². The number of rotatable bonds is 5. The maximum Gasteiger partial charge on any atom is 0.233 e. The van der Waals surface area contributed by atoms with Crippen LogP contribution in [0, 0.1) is 0 Å². The highest BCUT2D eigenvalue weighted by Gasteiger charge is 2.27. The Hall–Kier alpha value is -2.71. The molecule has 0 spiro atoms. The van der Waals surface area contributed by atoms with Crippen molar-refractivity contribution in [2.45, 2.75) is 23.9 Å². The summed E-state index contributed by atoms with van der Waals surface area (Å²) in [5.74, 6) is 1.52. The summed E-state index contributed by atoms with van der Waals surface area (Å²) in [5.41, 5.74) is 2.04. The third-order valence-corrected chi connectivity index (χ3v) is 7.30. The van der Waals surface area contributed by atoms with Crippen LogP contribution in [-0.4, -0.2) is 49.8 Å². The molecule has 1 atom stereocenters. The quantitative estimate of drug-likeness (QED) is 0.465. The molecule has 5 rings (SSSR count). The van der Waals surface area contributed by atoms with Gasteiger partial charge in [-0.2, -0.15) is 0 Å². The molecule has 0 bridgehead atoms. The number of carbonyl (C=O) groups excluding carboxylic acids is 1. The standard InChI is InChI=1S/C22H21N5OS2/c28-19(14-29-22-24-20(25-26-22)15-7-2-1-3-8-15)27-12-6-9-16(13-27)21-23-17-10-4-5-11-18(17)30-21/h1-5,7-8,10-11,16H,6,9,12-14H2,(H,24,25,26)/t16-/m1/s1. The smallest absolute Gasteiger partial charge is 0.233 e. The first-order chi connectivity index (χ1) is 14.8. The molecule has 1 fully saturated rings. The molecule has 1 aliphatic heterocycles. The van der Waals surface area contributed by atoms with E-state index in [0.717, 1.165) is 47.8 Å². The van der Waals surface area contributed by atoms with E-state index in [2.05, 4.69) is 27.3 Å². The van der Waals surface area contributed by atoms with Crippen LogP contribution in [0.3, 0.4) is 0 Å². The molecule has 0 saturated carbocycles. The van der Waals surface area contributed by atoms with Gasteiger partial charge in [0.2, 0.25) is 11.1 Å². The number of carbonyl (C=O) groups is 1. The van der Waals surface area contributed by atoms with Crippen LogP contribution >= 0.6 is 23.1 Å². The van der Waals surface area contributed by atoms with Crippen LogP contribution in [0.15, 0.2) is 59.8 Å². The highest BCUT2D eigenvalue weighted by atomic mass is 32.2. The first-order valence-electron chi connectivity index (χ1n) is 10.00. The van der Waals surface area contributed by atoms with E-state index in [4.69, 9.17) is 4.98 Å². The van der Waals surface area contributed by atoms with Gasteiger partial charge in [-0.15, -0.1) is 16.4 Å². The summed E-state index contributed by atoms with van der Waals surface area (Å²) in [6.07, 6.45) is 2.09. The molecule has 0 aliphatic carbocycles. The third kappa shape index (κ3) is 4.11. The molecular formula is C22H21N5OS2. The van der Waals surface area contributed by atoms with E-state index in [1.165, 1.54) is 16.5 Å². The number of likely N-dealkylation sites (tertiary alicyclic amines) is 1. The van der Waals surface area contributed by atoms with Crippen molar-refractivity contribution >= 4 is 39.2 Å². The van der Waals surface area contributed by atoms with E-state index in [0.29, 0.717) is 16.8 Å². The molecule has 1 amide bonds. The second-order valence-electron chi connectivity index (χ2n) is 7.32. The van der Waals surface area contributed by atoms with Gasteiger partial charge in [-0.25, -0.2) is 9.97 Å². The lowest BCUT2D eigenvalue weighted by Crippen LogP contribution is -2.40. The van der Waals surface area contributed by atoms with Crippen molar-refractivity contribution in [3.05, 3.63) is 59.6 Å². The molecule has 1 saturated heterocycles. The summed E-state index contributed by atoms with van der Waals surface area (Å²) in [7, 11) is 0. The highest BCUT2D eigenvalue weighted by Crippen LogP contribution is 2.33. The number of amides is 1. The SMILES string of the molecule is O=C(CSc1n[nH]c(-c2ccccc2)n1)N1CCC[C@@H](c2nc3ccccc3s2)C1. The number of piperidine rings is 1. The maximum absolute atomic E-state index is 12.8. The third-order valence-electron chi connectivity index (χ3n) is 5.27. The fraction of sp³-hybridized carbons (Fsp3) is 0.273. The summed E-state index contributed by atoms with van der Waals surface area (Å²) in [6.45, 7) is 1.55. The molecule has 1 aliphatic rings. The second-order valence-corrected chi connectivity index (χ2v) is 9.32. The van der Waals surface area contributed by atoms with Crippen LogP contribution in [0.4, 0.5) is 0 Å². The zero-order valence-corrected chi connectivity index (χ0v) is 18.0. The maximum atomic E-state index is 12.8. The second kappa shape index (κ2) is 8.57. The van der Waals surface area contributed by atoms with Gasteiger partial charge in [0.1, 0.15) is 0 Å². The number of nitrogens with zero attached hydrogens (tertiary/aromatic N) is 4. The Kier molecular flexibility index (Phi) is 5.50. The van der Waals surface area contributed by atoms with E-state index in [1.54, 1.807) is 11.3 Å². The lowest BCUT2D eigenvalue weighted by molar-refractivity contribution is -0.129. The zero-order valence-electron chi connectivity index (χ0n) is 16.3. The summed E-state index contributed by atoms with van der Waals surface area (Å²) < 4.78 is 1.21. The predicted molar refractivity (Wildman–Crippen MR) is 121 cm³/mol. The normalized spacial score (nSPS) is 16.8. The molecule has 2 aromatic carbocycles. The summed E-state index contributed by atoms with van der Waals surface area (Å²) >= 11 is 3.13. The van der Waals surface area contributed by atoms with Crippen molar-refractivity contribution in [2.75, 3.05) is 18.8 Å². The number of hydrogen-bond donors (Lipinski definition) is 1. The number of para-hydroxylation sites is 1. The Morgan fingerprint density at radius 2 is 1.97 bits per heavy atom. The molecule has 1 N–H and O–H groups in total. The van der Waals surface area contributed by atoms with E-state index < -0.39 is 0 Å². The van der Waals surface area contributed by atoms with Crippen LogP contribution in [0.1, 0.15) is 23.8 Å². The Balaban J connectivity index is 1.20. The number of aromatic nitrogens is 4. The molecule has 0 radical (unpaired) electrons. The van der Waals surface area contributed by atoms with E-state index in [1.807, 2.05) is 47.4 Å². The molecule has 8 heteroatoms. The molecule has 30 heavy (non-hydrogen) atoms. The topological polar surface area (TPSA) is 74.8 Å². The minimum Gasteiger partial charge on any atom is -0.341 e. The first kappa shape index (κ1) is 19.3. The highest BCUT2D eigenvalue weighted by molar-refractivity contribution is 7.99. The molecule has 2 aromatic heterocycles. The number of fused-ring (bicyclic) bond motifs is 1. The number of nitrogens with one attached hydrogen (secondary N) is 1. The van der Waals surface area contributed by atoms with Gasteiger partial charge >= 0.3 is 0 Å². The van der Waals surface area contributed by atoms with Gasteiger partial charge in [-0.1, -0.05) is 54.2 Å². The van der Waals surface area contributed by atoms with Gasteiger partial charge in [0.05, 0.1) is 21.0 Å². The molecule has 152 valence electrons. The van der Waals surface area contributed by atoms with Crippen molar-refractivity contribution in [3.63, 3.8) is 0 Å². The van der Waals surface area contributed by atoms with Crippen LogP contribution in [-0.2, 0) is 4.79 Å². The summed E-state index contributed by atoms with van der Waals surface area (Å²) in [4.78, 5) is 24.1. The Morgan fingerprint density at radius 3 is 2.83 bits per heavy atom. The van der Waals surface area contributed by atoms with E-state index in [-0.39, 0.29) is 5.91 Å². The summed E-state index contributed by atoms with van der Waals surface area (Å²) in [6, 6.07) is 18.1. The average molecular weight is 436 g/mol. The van der Waals surface area contributed by atoms with Crippen LogP contribution in [0.25, 0.3) is 21.6 Å². The molecule has 6 nitrogen and oxygen atoms in total. The van der Waals surface area contributed by atoms with Crippen LogP contribution in [0.5, 0.6) is 0 Å². The van der Waals surface area contributed by atoms with Crippen LogP contribution in [0.2, 0.25) is 0 Å². The summed E-state index contributed by atoms with van der Waals surface area (Å²) in [5, 5.41) is 8.94. The monoisotopic (exact) mass is 435 g/mol. The number of thioether (sulfide) groups is 1. The van der Waals surface area contributed by atoms with Crippen molar-refractivity contribution in [3.8, 4) is 11.4 Å². The minimum absolute atomic E-state index is 0.136. The Bertz CT molecular complexity index is 1120. The van der Waals surface area contributed by atoms with Crippen molar-refractivity contribution < 1.29 is 4.79 Å². The van der Waals surface area contributed by atoms with Gasteiger partial charge in [0.15, 0.2) is 5.82 Å². The van der Waals surface area contributed by atoms with Crippen molar-refractivity contribution in [1.82, 2.24) is 25.1 Å². The fourth-order valence-corrected chi connectivity index (χ4v) is 5.52. The number of thiazole rings is 1. The van der Waals surface area contributed by atoms with Crippen LogP contribution < -0.4 is 0 Å². The van der Waals surface area contributed by atoms with Gasteiger partial charge in [0.25, 0.3) is 0 Å². The molecule has 4 aromatic rings. The largest absolute Gasteiger partial charge is 0.341 e. The average Bonchev–Trinajstić information content (AvgIpc) is 3.45. The number of hydrogen-bond acceptors (Lipinski definition) is 6. The number of aromatic amines is 1.